The molecule has 1 aromatic heterocycles. The fourth-order valence-electron chi connectivity index (χ4n) is 1.80. The quantitative estimate of drug-likeness (QED) is 0.855. The second kappa shape index (κ2) is 7.69. The highest BCUT2D eigenvalue weighted by molar-refractivity contribution is 7.10. The van der Waals surface area contributed by atoms with Gasteiger partial charge in [0.15, 0.2) is 18.1 Å². The maximum atomic E-state index is 11.8. The SMILES string of the molecule is CCOc1ccccc1OCC(=O)NCc1sccc1C. The van der Waals surface area contributed by atoms with Crippen molar-refractivity contribution in [1.29, 1.82) is 0 Å². The summed E-state index contributed by atoms with van der Waals surface area (Å²) in [4.78, 5) is 13.0. The van der Waals surface area contributed by atoms with Gasteiger partial charge >= 0.3 is 0 Å². The molecule has 1 aromatic carbocycles. The Labute approximate surface area is 128 Å². The third-order valence-electron chi connectivity index (χ3n) is 2.92. The van der Waals surface area contributed by atoms with E-state index >= 15 is 0 Å². The minimum Gasteiger partial charge on any atom is -0.490 e. The summed E-state index contributed by atoms with van der Waals surface area (Å²) in [6, 6.07) is 9.39. The van der Waals surface area contributed by atoms with E-state index in [1.54, 1.807) is 17.4 Å². The predicted molar refractivity (Wildman–Crippen MR) is 84.0 cm³/mol. The Morgan fingerprint density at radius 1 is 1.19 bits per heavy atom. The molecule has 1 N–H and O–H groups in total. The van der Waals surface area contributed by atoms with Crippen LogP contribution in [0, 0.1) is 6.92 Å². The Morgan fingerprint density at radius 2 is 1.90 bits per heavy atom. The molecule has 2 aromatic rings. The van der Waals surface area contributed by atoms with Gasteiger partial charge in [-0.25, -0.2) is 0 Å². The van der Waals surface area contributed by atoms with Gasteiger partial charge in [0.05, 0.1) is 13.2 Å². The van der Waals surface area contributed by atoms with Gasteiger partial charge in [-0.05, 0) is 43.0 Å². The van der Waals surface area contributed by atoms with Crippen molar-refractivity contribution in [3.63, 3.8) is 0 Å². The summed E-state index contributed by atoms with van der Waals surface area (Å²) in [5.74, 6) is 1.10. The van der Waals surface area contributed by atoms with Crippen LogP contribution in [0.25, 0.3) is 0 Å². The monoisotopic (exact) mass is 305 g/mol. The molecule has 0 bridgehead atoms. The molecule has 112 valence electrons. The normalized spacial score (nSPS) is 10.2. The Kier molecular flexibility index (Phi) is 5.63. The Hall–Kier alpha value is -2.01. The average molecular weight is 305 g/mol. The number of carbonyl (C=O) groups is 1. The summed E-state index contributed by atoms with van der Waals surface area (Å²) < 4.78 is 11.0. The van der Waals surface area contributed by atoms with E-state index in [0.717, 1.165) is 4.88 Å². The molecule has 0 radical (unpaired) electrons. The van der Waals surface area contributed by atoms with Crippen molar-refractivity contribution in [2.24, 2.45) is 0 Å². The number of amides is 1. The van der Waals surface area contributed by atoms with E-state index in [-0.39, 0.29) is 12.5 Å². The Morgan fingerprint density at radius 3 is 2.52 bits per heavy atom. The molecular formula is C16H19NO3S. The first kappa shape index (κ1) is 15.4. The van der Waals surface area contributed by atoms with Crippen LogP contribution in [0.4, 0.5) is 0 Å². The molecule has 0 atom stereocenters. The van der Waals surface area contributed by atoms with Crippen molar-refractivity contribution in [1.82, 2.24) is 5.32 Å². The number of thiophene rings is 1. The molecule has 0 spiro atoms. The fraction of sp³-hybridized carbons (Fsp3) is 0.312. The molecule has 5 heteroatoms. The highest BCUT2D eigenvalue weighted by atomic mass is 32.1. The van der Waals surface area contributed by atoms with Crippen molar-refractivity contribution in [3.05, 3.63) is 46.2 Å². The molecule has 21 heavy (non-hydrogen) atoms. The lowest BCUT2D eigenvalue weighted by Crippen LogP contribution is -2.28. The first-order valence-corrected chi connectivity index (χ1v) is 7.73. The molecule has 0 aliphatic carbocycles. The maximum Gasteiger partial charge on any atom is 0.258 e. The number of ether oxygens (including phenoxy) is 2. The second-order valence-corrected chi connectivity index (χ2v) is 5.47. The molecular weight excluding hydrogens is 286 g/mol. The summed E-state index contributed by atoms with van der Waals surface area (Å²) in [6.45, 7) is 5.03. The zero-order valence-electron chi connectivity index (χ0n) is 12.2. The lowest BCUT2D eigenvalue weighted by Gasteiger charge is -2.11. The van der Waals surface area contributed by atoms with Gasteiger partial charge in [0, 0.05) is 4.88 Å². The number of benzene rings is 1. The van der Waals surface area contributed by atoms with E-state index in [9.17, 15) is 4.79 Å². The van der Waals surface area contributed by atoms with Crippen LogP contribution in [0.2, 0.25) is 0 Å². The van der Waals surface area contributed by atoms with Crippen LogP contribution in [-0.4, -0.2) is 19.1 Å². The van der Waals surface area contributed by atoms with Crippen LogP contribution < -0.4 is 14.8 Å². The fourth-order valence-corrected chi connectivity index (χ4v) is 2.65. The number of hydrogen-bond acceptors (Lipinski definition) is 4. The Balaban J connectivity index is 1.82. The number of rotatable bonds is 7. The molecule has 0 aliphatic rings. The zero-order chi connectivity index (χ0) is 15.1. The molecule has 0 saturated carbocycles. The van der Waals surface area contributed by atoms with Gasteiger partial charge in [-0.3, -0.25) is 4.79 Å². The van der Waals surface area contributed by atoms with Gasteiger partial charge in [-0.2, -0.15) is 0 Å². The van der Waals surface area contributed by atoms with Crippen molar-refractivity contribution >= 4 is 17.2 Å². The lowest BCUT2D eigenvalue weighted by atomic mass is 10.3. The van der Waals surface area contributed by atoms with Crippen molar-refractivity contribution in [3.8, 4) is 11.5 Å². The van der Waals surface area contributed by atoms with Gasteiger partial charge in [-0.1, -0.05) is 12.1 Å². The van der Waals surface area contributed by atoms with Gasteiger partial charge in [-0.15, -0.1) is 11.3 Å². The lowest BCUT2D eigenvalue weighted by molar-refractivity contribution is -0.123. The van der Waals surface area contributed by atoms with Crippen LogP contribution in [0.1, 0.15) is 17.4 Å². The predicted octanol–water partition coefficient (Wildman–Crippen LogP) is 3.15. The average Bonchev–Trinajstić information content (AvgIpc) is 2.90. The summed E-state index contributed by atoms with van der Waals surface area (Å²) in [7, 11) is 0. The topological polar surface area (TPSA) is 47.6 Å². The van der Waals surface area contributed by atoms with E-state index in [2.05, 4.69) is 5.32 Å². The largest absolute Gasteiger partial charge is 0.490 e. The maximum absolute atomic E-state index is 11.8. The highest BCUT2D eigenvalue weighted by Gasteiger charge is 2.08. The first-order valence-electron chi connectivity index (χ1n) is 6.85. The number of hydrogen-bond donors (Lipinski definition) is 1. The second-order valence-electron chi connectivity index (χ2n) is 4.47. The molecule has 0 saturated heterocycles. The number of aryl methyl sites for hydroxylation is 1. The van der Waals surface area contributed by atoms with E-state index in [0.29, 0.717) is 24.7 Å². The summed E-state index contributed by atoms with van der Waals surface area (Å²) >= 11 is 1.64. The number of nitrogens with one attached hydrogen (secondary N) is 1. The third-order valence-corrected chi connectivity index (χ3v) is 3.95. The van der Waals surface area contributed by atoms with E-state index in [1.165, 1.54) is 5.56 Å². The van der Waals surface area contributed by atoms with Crippen molar-refractivity contribution in [2.75, 3.05) is 13.2 Å². The highest BCUT2D eigenvalue weighted by Crippen LogP contribution is 2.26. The zero-order valence-corrected chi connectivity index (χ0v) is 13.0. The van der Waals surface area contributed by atoms with Crippen LogP contribution in [0.5, 0.6) is 11.5 Å². The third kappa shape index (κ3) is 4.49. The van der Waals surface area contributed by atoms with Gasteiger partial charge < -0.3 is 14.8 Å². The first-order chi connectivity index (χ1) is 10.2. The Bertz CT molecular complexity index is 595. The standard InChI is InChI=1S/C16H19NO3S/c1-3-19-13-6-4-5-7-14(13)20-11-16(18)17-10-15-12(2)8-9-21-15/h4-9H,3,10-11H2,1-2H3,(H,17,18). The minimum atomic E-state index is -0.144. The minimum absolute atomic E-state index is 0.0193. The summed E-state index contributed by atoms with van der Waals surface area (Å²) in [6.07, 6.45) is 0. The summed E-state index contributed by atoms with van der Waals surface area (Å²) in [5, 5.41) is 4.87. The van der Waals surface area contributed by atoms with Gasteiger partial charge in [0.25, 0.3) is 5.91 Å². The molecule has 2 rings (SSSR count). The van der Waals surface area contributed by atoms with Crippen molar-refractivity contribution < 1.29 is 14.3 Å². The van der Waals surface area contributed by atoms with E-state index in [4.69, 9.17) is 9.47 Å². The molecule has 0 fully saturated rings. The molecule has 4 nitrogen and oxygen atoms in total. The van der Waals surface area contributed by atoms with Gasteiger partial charge in [0.2, 0.25) is 0 Å². The number of para-hydroxylation sites is 2. The number of carbonyl (C=O) groups excluding carboxylic acids is 1. The van der Waals surface area contributed by atoms with Crippen LogP contribution >= 0.6 is 11.3 Å². The van der Waals surface area contributed by atoms with Crippen LogP contribution in [0.3, 0.4) is 0 Å². The van der Waals surface area contributed by atoms with E-state index < -0.39 is 0 Å². The smallest absolute Gasteiger partial charge is 0.258 e. The molecule has 0 unspecified atom stereocenters. The molecule has 1 amide bonds. The van der Waals surface area contributed by atoms with Crippen LogP contribution in [0.15, 0.2) is 35.7 Å². The van der Waals surface area contributed by atoms with Gasteiger partial charge in [0.1, 0.15) is 0 Å². The van der Waals surface area contributed by atoms with Crippen LogP contribution in [-0.2, 0) is 11.3 Å². The van der Waals surface area contributed by atoms with E-state index in [1.807, 2.05) is 43.5 Å². The molecule has 1 heterocycles. The van der Waals surface area contributed by atoms with Crippen molar-refractivity contribution in [2.45, 2.75) is 20.4 Å². The molecule has 0 aliphatic heterocycles. The summed E-state index contributed by atoms with van der Waals surface area (Å²) in [5.41, 5.74) is 1.20.